The Bertz CT molecular complexity index is 1040. The number of hydrogen-bond donors (Lipinski definition) is 1. The number of anilines is 1. The molecular formula is C20H20N4O5. The van der Waals surface area contributed by atoms with Crippen LogP contribution in [0, 0.1) is 0 Å². The lowest BCUT2D eigenvalue weighted by Gasteiger charge is -2.30. The number of fused-ring (bicyclic) bond motifs is 1. The molecule has 29 heavy (non-hydrogen) atoms. The molecule has 2 aliphatic rings. The zero-order valence-electron chi connectivity index (χ0n) is 16.1. The number of nitrogens with zero attached hydrogens (tertiary/aromatic N) is 3. The molecule has 9 nitrogen and oxygen atoms in total. The Morgan fingerprint density at radius 3 is 2.45 bits per heavy atom. The van der Waals surface area contributed by atoms with Crippen molar-refractivity contribution in [2.24, 2.45) is 0 Å². The van der Waals surface area contributed by atoms with Gasteiger partial charge in [0.1, 0.15) is 12.1 Å². The molecule has 1 saturated heterocycles. The number of benzene rings is 1. The Kier molecular flexibility index (Phi) is 5.13. The minimum Gasteiger partial charge on any atom is -0.493 e. The van der Waals surface area contributed by atoms with Gasteiger partial charge < -0.3 is 24.4 Å². The number of allylic oxidation sites excluding steroid dienone is 2. The first kappa shape index (κ1) is 18.9. The molecule has 2 heterocycles. The maximum Gasteiger partial charge on any atom is 0.204 e. The maximum absolute atomic E-state index is 12.7. The van der Waals surface area contributed by atoms with Crippen LogP contribution in [0.2, 0.25) is 0 Å². The first-order valence-electron chi connectivity index (χ1n) is 9.09. The minimum absolute atomic E-state index is 0.154. The van der Waals surface area contributed by atoms with Gasteiger partial charge in [0, 0.05) is 36.7 Å². The molecule has 1 aliphatic heterocycles. The normalized spacial score (nSPS) is 17.1. The van der Waals surface area contributed by atoms with Gasteiger partial charge >= 0.3 is 0 Å². The maximum atomic E-state index is 12.7. The highest BCUT2D eigenvalue weighted by Crippen LogP contribution is 2.34. The number of methoxy groups -OCH3 is 2. The summed E-state index contributed by atoms with van der Waals surface area (Å²) < 4.78 is 15.9. The third-order valence-electron chi connectivity index (χ3n) is 4.81. The topological polar surface area (TPSA) is 103 Å². The van der Waals surface area contributed by atoms with Crippen LogP contribution in [0.15, 0.2) is 42.0 Å². The average Bonchev–Trinajstić information content (AvgIpc) is 2.75. The van der Waals surface area contributed by atoms with E-state index in [2.05, 4.69) is 15.3 Å². The molecule has 1 fully saturated rings. The molecule has 150 valence electrons. The largest absolute Gasteiger partial charge is 0.493 e. The van der Waals surface area contributed by atoms with E-state index in [4.69, 9.17) is 14.2 Å². The van der Waals surface area contributed by atoms with Crippen molar-refractivity contribution < 1.29 is 23.8 Å². The fourth-order valence-electron chi connectivity index (χ4n) is 3.31. The minimum atomic E-state index is -0.293. The predicted octanol–water partition coefficient (Wildman–Crippen LogP) is 1.31. The quantitative estimate of drug-likeness (QED) is 0.749. The standard InChI is InChI=1S/C20H20N4O5/c1-27-18-7-12-13(9-19(18)28-2)21-11-22-20(12)23-14-8-17(26)15(10-16(14)25)24-3-5-29-6-4-24/h7-11H,3-6H2,1-2H3,(H,21,22,23). The Morgan fingerprint density at radius 2 is 1.72 bits per heavy atom. The van der Waals surface area contributed by atoms with Crippen LogP contribution in [0.5, 0.6) is 11.5 Å². The predicted molar refractivity (Wildman–Crippen MR) is 105 cm³/mol. The van der Waals surface area contributed by atoms with Gasteiger partial charge in [0.2, 0.25) is 11.6 Å². The van der Waals surface area contributed by atoms with Crippen LogP contribution in [0.4, 0.5) is 5.82 Å². The van der Waals surface area contributed by atoms with Crippen LogP contribution < -0.4 is 14.8 Å². The first-order chi connectivity index (χ1) is 14.1. The number of carbonyl (C=O) groups excluding carboxylic acids is 2. The van der Waals surface area contributed by atoms with Crippen molar-refractivity contribution in [3.05, 3.63) is 42.0 Å². The number of ether oxygens (including phenoxy) is 3. The Hall–Kier alpha value is -3.46. The lowest BCUT2D eigenvalue weighted by Crippen LogP contribution is -2.39. The molecule has 0 bridgehead atoms. The molecule has 2 aromatic rings. The summed E-state index contributed by atoms with van der Waals surface area (Å²) in [6.45, 7) is 2.23. The molecule has 1 aliphatic carbocycles. The number of rotatable bonds is 5. The Morgan fingerprint density at radius 1 is 1.00 bits per heavy atom. The molecule has 0 amide bonds. The molecule has 1 aromatic heterocycles. The zero-order chi connectivity index (χ0) is 20.4. The second-order valence-corrected chi connectivity index (χ2v) is 6.49. The average molecular weight is 396 g/mol. The van der Waals surface area contributed by atoms with Gasteiger partial charge in [0.05, 0.1) is 44.3 Å². The van der Waals surface area contributed by atoms with E-state index in [0.717, 1.165) is 0 Å². The van der Waals surface area contributed by atoms with Gasteiger partial charge in [-0.3, -0.25) is 9.59 Å². The number of aromatic nitrogens is 2. The van der Waals surface area contributed by atoms with Crippen molar-refractivity contribution in [3.63, 3.8) is 0 Å². The summed E-state index contributed by atoms with van der Waals surface area (Å²) in [5, 5.41) is 3.61. The van der Waals surface area contributed by atoms with E-state index in [1.165, 1.54) is 25.6 Å². The summed E-state index contributed by atoms with van der Waals surface area (Å²) in [6.07, 6.45) is 4.05. The van der Waals surface area contributed by atoms with E-state index < -0.39 is 0 Å². The van der Waals surface area contributed by atoms with Gasteiger partial charge in [-0.1, -0.05) is 0 Å². The van der Waals surface area contributed by atoms with Gasteiger partial charge in [-0.25, -0.2) is 9.97 Å². The van der Waals surface area contributed by atoms with Crippen molar-refractivity contribution >= 4 is 28.3 Å². The number of morpholine rings is 1. The third-order valence-corrected chi connectivity index (χ3v) is 4.81. The van der Waals surface area contributed by atoms with E-state index in [-0.39, 0.29) is 17.3 Å². The van der Waals surface area contributed by atoms with Crippen LogP contribution >= 0.6 is 0 Å². The fourth-order valence-corrected chi connectivity index (χ4v) is 3.31. The molecule has 9 heteroatoms. The lowest BCUT2D eigenvalue weighted by atomic mass is 10.0. The second kappa shape index (κ2) is 7.88. The van der Waals surface area contributed by atoms with Crippen LogP contribution in [0.1, 0.15) is 0 Å². The molecule has 0 atom stereocenters. The molecule has 0 spiro atoms. The second-order valence-electron chi connectivity index (χ2n) is 6.49. The summed E-state index contributed by atoms with van der Waals surface area (Å²) in [4.78, 5) is 35.6. The van der Waals surface area contributed by atoms with Gasteiger partial charge in [-0.15, -0.1) is 0 Å². The van der Waals surface area contributed by atoms with E-state index in [0.29, 0.717) is 60.2 Å². The molecule has 0 radical (unpaired) electrons. The third kappa shape index (κ3) is 3.64. The van der Waals surface area contributed by atoms with Crippen molar-refractivity contribution in [1.29, 1.82) is 0 Å². The van der Waals surface area contributed by atoms with Crippen molar-refractivity contribution in [1.82, 2.24) is 14.9 Å². The number of ketones is 2. The van der Waals surface area contributed by atoms with E-state index in [1.807, 2.05) is 4.90 Å². The molecule has 1 aromatic carbocycles. The van der Waals surface area contributed by atoms with Crippen molar-refractivity contribution in [2.75, 3.05) is 45.8 Å². The number of hydrogen-bond acceptors (Lipinski definition) is 9. The number of nitrogens with one attached hydrogen (secondary N) is 1. The van der Waals surface area contributed by atoms with Gasteiger partial charge in [-0.2, -0.15) is 0 Å². The van der Waals surface area contributed by atoms with E-state index >= 15 is 0 Å². The molecule has 0 saturated carbocycles. The highest BCUT2D eigenvalue weighted by molar-refractivity contribution is 6.21. The van der Waals surface area contributed by atoms with E-state index in [1.54, 1.807) is 19.2 Å². The molecular weight excluding hydrogens is 376 g/mol. The zero-order valence-corrected chi connectivity index (χ0v) is 16.1. The SMILES string of the molecule is COc1cc2ncnc(NC3=CC(=O)C(N4CCOCC4)=CC3=O)c2cc1OC. The summed E-state index contributed by atoms with van der Waals surface area (Å²) in [6, 6.07) is 3.45. The summed E-state index contributed by atoms with van der Waals surface area (Å²) in [5.74, 6) is 0.912. The van der Waals surface area contributed by atoms with Crippen molar-refractivity contribution in [2.45, 2.75) is 0 Å². The Balaban J connectivity index is 1.63. The highest BCUT2D eigenvalue weighted by atomic mass is 16.5. The highest BCUT2D eigenvalue weighted by Gasteiger charge is 2.26. The monoisotopic (exact) mass is 396 g/mol. The molecule has 0 unspecified atom stereocenters. The number of carbonyl (C=O) groups is 2. The first-order valence-corrected chi connectivity index (χ1v) is 9.09. The Labute approximate surface area is 167 Å². The summed E-state index contributed by atoms with van der Waals surface area (Å²) in [5.41, 5.74) is 1.16. The summed E-state index contributed by atoms with van der Waals surface area (Å²) >= 11 is 0. The van der Waals surface area contributed by atoms with Crippen LogP contribution in [-0.4, -0.2) is 67.0 Å². The summed E-state index contributed by atoms with van der Waals surface area (Å²) in [7, 11) is 3.07. The van der Waals surface area contributed by atoms with Crippen molar-refractivity contribution in [3.8, 4) is 11.5 Å². The van der Waals surface area contributed by atoms with E-state index in [9.17, 15) is 9.59 Å². The van der Waals surface area contributed by atoms with Gasteiger partial charge in [0.15, 0.2) is 11.5 Å². The molecule has 4 rings (SSSR count). The molecule has 1 N–H and O–H groups in total. The smallest absolute Gasteiger partial charge is 0.204 e. The van der Waals surface area contributed by atoms with Gasteiger partial charge in [0.25, 0.3) is 0 Å². The van der Waals surface area contributed by atoms with Crippen LogP contribution in [-0.2, 0) is 14.3 Å². The van der Waals surface area contributed by atoms with Crippen LogP contribution in [0.25, 0.3) is 10.9 Å². The lowest BCUT2D eigenvalue weighted by molar-refractivity contribution is -0.116. The van der Waals surface area contributed by atoms with Crippen LogP contribution in [0.3, 0.4) is 0 Å². The fraction of sp³-hybridized carbons (Fsp3) is 0.300. The van der Waals surface area contributed by atoms with Gasteiger partial charge in [-0.05, 0) is 6.07 Å².